The number of aromatic amines is 1. The van der Waals surface area contributed by atoms with E-state index in [0.29, 0.717) is 28.3 Å². The van der Waals surface area contributed by atoms with E-state index in [1.165, 1.54) is 11.8 Å². The highest BCUT2D eigenvalue weighted by atomic mass is 35.5. The monoisotopic (exact) mass is 480 g/mol. The van der Waals surface area contributed by atoms with E-state index < -0.39 is 0 Å². The largest absolute Gasteiger partial charge is 0.486 e. The molecular weight excluding hydrogens is 460 g/mol. The first-order chi connectivity index (χ1) is 16.1. The van der Waals surface area contributed by atoms with Crippen LogP contribution < -0.4 is 10.2 Å². The molecule has 2 aromatic carbocycles. The molecule has 0 saturated heterocycles. The molecule has 2 aromatic heterocycles. The number of hydrazone groups is 1. The summed E-state index contributed by atoms with van der Waals surface area (Å²) in [4.78, 5) is 15.4. The second kappa shape index (κ2) is 10.8. The second-order valence-electron chi connectivity index (χ2n) is 6.91. The van der Waals surface area contributed by atoms with Crippen molar-refractivity contribution in [2.24, 2.45) is 5.10 Å². The molecule has 8 nitrogen and oxygen atoms in total. The van der Waals surface area contributed by atoms with Crippen molar-refractivity contribution in [3.05, 3.63) is 83.8 Å². The Morgan fingerprint density at radius 1 is 1.24 bits per heavy atom. The summed E-state index contributed by atoms with van der Waals surface area (Å²) in [6.07, 6.45) is 5.21. The molecule has 0 atom stereocenters. The third kappa shape index (κ3) is 5.82. The van der Waals surface area contributed by atoms with E-state index in [1.807, 2.05) is 35.0 Å². The summed E-state index contributed by atoms with van der Waals surface area (Å²) in [6.45, 7) is 4.51. The third-order valence-electron chi connectivity index (χ3n) is 4.63. The van der Waals surface area contributed by atoms with Gasteiger partial charge < -0.3 is 9.72 Å². The standard InChI is InChI=1S/C23H21ClN6O2S/c1-2-11-30-21(14-32-18-9-7-17(24)8-10-18)27-29-23(30)33-15-22(31)28-26-13-16-12-25-20-6-4-3-5-19(16)20/h2-10,12-13,25H,1,11,14-15H2,(H,28,31)/b26-13+. The van der Waals surface area contributed by atoms with Gasteiger partial charge in [-0.25, -0.2) is 5.43 Å². The number of nitrogens with zero attached hydrogens (tertiary/aromatic N) is 4. The van der Waals surface area contributed by atoms with Crippen LogP contribution in [0.4, 0.5) is 0 Å². The fourth-order valence-corrected chi connectivity index (χ4v) is 3.95. The van der Waals surface area contributed by atoms with Gasteiger partial charge in [0.15, 0.2) is 11.0 Å². The number of aromatic nitrogens is 4. The van der Waals surface area contributed by atoms with E-state index in [4.69, 9.17) is 16.3 Å². The molecular formula is C23H21ClN6O2S. The summed E-state index contributed by atoms with van der Waals surface area (Å²) in [5.41, 5.74) is 4.46. The molecule has 0 unspecified atom stereocenters. The van der Waals surface area contributed by atoms with Crippen LogP contribution in [0.2, 0.25) is 5.02 Å². The molecule has 0 fully saturated rings. The number of fused-ring (bicyclic) bond motifs is 1. The molecule has 0 spiro atoms. The summed E-state index contributed by atoms with van der Waals surface area (Å²) < 4.78 is 7.62. The summed E-state index contributed by atoms with van der Waals surface area (Å²) >= 11 is 7.17. The van der Waals surface area contributed by atoms with E-state index in [-0.39, 0.29) is 18.3 Å². The Morgan fingerprint density at radius 3 is 2.88 bits per heavy atom. The smallest absolute Gasteiger partial charge is 0.250 e. The average molecular weight is 481 g/mol. The number of allylic oxidation sites excluding steroid dienone is 1. The van der Waals surface area contributed by atoms with Gasteiger partial charge in [-0.15, -0.1) is 16.8 Å². The highest BCUT2D eigenvalue weighted by molar-refractivity contribution is 7.99. The number of amides is 1. The SMILES string of the molecule is C=CCn1c(COc2ccc(Cl)cc2)nnc1SCC(=O)N/N=C/c1c[nH]c2ccccc12. The maximum atomic E-state index is 12.3. The minimum Gasteiger partial charge on any atom is -0.486 e. The summed E-state index contributed by atoms with van der Waals surface area (Å²) in [7, 11) is 0. The van der Waals surface area contributed by atoms with Crippen molar-refractivity contribution < 1.29 is 9.53 Å². The number of rotatable bonds is 10. The van der Waals surface area contributed by atoms with Crippen molar-refractivity contribution in [1.82, 2.24) is 25.2 Å². The van der Waals surface area contributed by atoms with Crippen LogP contribution in [0, 0.1) is 0 Å². The number of ether oxygens (including phenoxy) is 1. The fraction of sp³-hybridized carbons (Fsp3) is 0.130. The lowest BCUT2D eigenvalue weighted by atomic mass is 10.2. The molecule has 4 rings (SSSR count). The van der Waals surface area contributed by atoms with Gasteiger partial charge in [0.05, 0.1) is 12.0 Å². The zero-order valence-electron chi connectivity index (χ0n) is 17.6. The first-order valence-corrected chi connectivity index (χ1v) is 11.4. The molecule has 4 aromatic rings. The van der Waals surface area contributed by atoms with Crippen molar-refractivity contribution in [3.8, 4) is 5.75 Å². The number of para-hydroxylation sites is 1. The molecule has 0 aliphatic heterocycles. The molecule has 2 heterocycles. The zero-order chi connectivity index (χ0) is 23.0. The number of carbonyl (C=O) groups excluding carboxylic acids is 1. The number of hydrogen-bond acceptors (Lipinski definition) is 6. The molecule has 0 aliphatic rings. The van der Waals surface area contributed by atoms with Crippen LogP contribution in [0.1, 0.15) is 11.4 Å². The number of halogens is 1. The minimum absolute atomic E-state index is 0.137. The molecule has 2 N–H and O–H groups in total. The molecule has 0 aliphatic carbocycles. The van der Waals surface area contributed by atoms with Crippen LogP contribution in [0.15, 0.2) is 77.6 Å². The lowest BCUT2D eigenvalue weighted by molar-refractivity contribution is -0.118. The van der Waals surface area contributed by atoms with Crippen LogP contribution in [-0.4, -0.2) is 37.6 Å². The highest BCUT2D eigenvalue weighted by Gasteiger charge is 2.14. The van der Waals surface area contributed by atoms with Gasteiger partial charge in [0.25, 0.3) is 5.91 Å². The summed E-state index contributed by atoms with van der Waals surface area (Å²) in [6, 6.07) is 15.0. The van der Waals surface area contributed by atoms with Gasteiger partial charge >= 0.3 is 0 Å². The zero-order valence-corrected chi connectivity index (χ0v) is 19.1. The Morgan fingerprint density at radius 2 is 2.06 bits per heavy atom. The number of nitrogens with one attached hydrogen (secondary N) is 2. The van der Waals surface area contributed by atoms with Gasteiger partial charge in [-0.2, -0.15) is 5.10 Å². The van der Waals surface area contributed by atoms with Crippen LogP contribution in [0.3, 0.4) is 0 Å². The first-order valence-electron chi connectivity index (χ1n) is 10.1. The van der Waals surface area contributed by atoms with Crippen LogP contribution in [-0.2, 0) is 17.9 Å². The summed E-state index contributed by atoms with van der Waals surface area (Å²) in [5.74, 6) is 1.20. The average Bonchev–Trinajstić information content (AvgIpc) is 3.42. The first kappa shape index (κ1) is 22.6. The predicted octanol–water partition coefficient (Wildman–Crippen LogP) is 4.42. The van der Waals surface area contributed by atoms with Crippen molar-refractivity contribution in [2.75, 3.05) is 5.75 Å². The molecule has 0 saturated carbocycles. The lowest BCUT2D eigenvalue weighted by Crippen LogP contribution is -2.20. The Balaban J connectivity index is 1.32. The Kier molecular flexibility index (Phi) is 7.43. The normalized spacial score (nSPS) is 11.2. The molecule has 10 heteroatoms. The maximum absolute atomic E-state index is 12.3. The van der Waals surface area contributed by atoms with E-state index >= 15 is 0 Å². The van der Waals surface area contributed by atoms with E-state index in [1.54, 1.807) is 36.6 Å². The molecule has 0 radical (unpaired) electrons. The van der Waals surface area contributed by atoms with E-state index in [9.17, 15) is 4.79 Å². The van der Waals surface area contributed by atoms with Crippen LogP contribution in [0.25, 0.3) is 10.9 Å². The highest BCUT2D eigenvalue weighted by Crippen LogP contribution is 2.20. The number of hydrogen-bond donors (Lipinski definition) is 2. The minimum atomic E-state index is -0.247. The number of benzene rings is 2. The second-order valence-corrected chi connectivity index (χ2v) is 8.29. The predicted molar refractivity (Wildman–Crippen MR) is 131 cm³/mol. The van der Waals surface area contributed by atoms with Crippen molar-refractivity contribution in [3.63, 3.8) is 0 Å². The topological polar surface area (TPSA) is 97.2 Å². The Bertz CT molecular complexity index is 1280. The van der Waals surface area contributed by atoms with Crippen LogP contribution >= 0.6 is 23.4 Å². The van der Waals surface area contributed by atoms with E-state index in [0.717, 1.165) is 16.5 Å². The van der Waals surface area contributed by atoms with Gasteiger partial charge in [0, 0.05) is 34.2 Å². The van der Waals surface area contributed by atoms with Gasteiger partial charge in [-0.05, 0) is 30.3 Å². The van der Waals surface area contributed by atoms with Crippen molar-refractivity contribution in [2.45, 2.75) is 18.3 Å². The maximum Gasteiger partial charge on any atom is 0.250 e. The quantitative estimate of drug-likeness (QED) is 0.151. The molecule has 1 amide bonds. The number of thioether (sulfide) groups is 1. The van der Waals surface area contributed by atoms with Gasteiger partial charge in [-0.1, -0.05) is 47.6 Å². The number of carbonyl (C=O) groups is 1. The Labute approximate surface area is 199 Å². The van der Waals surface area contributed by atoms with Crippen molar-refractivity contribution in [1.29, 1.82) is 0 Å². The third-order valence-corrected chi connectivity index (χ3v) is 5.85. The van der Waals surface area contributed by atoms with Crippen molar-refractivity contribution >= 4 is 46.4 Å². The van der Waals surface area contributed by atoms with E-state index in [2.05, 4.69) is 32.3 Å². The molecule has 33 heavy (non-hydrogen) atoms. The van der Waals surface area contributed by atoms with Gasteiger partial charge in [-0.3, -0.25) is 9.36 Å². The van der Waals surface area contributed by atoms with Gasteiger partial charge in [0.2, 0.25) is 0 Å². The van der Waals surface area contributed by atoms with Crippen LogP contribution in [0.5, 0.6) is 5.75 Å². The number of H-pyrrole nitrogens is 1. The lowest BCUT2D eigenvalue weighted by Gasteiger charge is -2.09. The fourth-order valence-electron chi connectivity index (χ4n) is 3.06. The molecule has 0 bridgehead atoms. The molecule has 168 valence electrons. The van der Waals surface area contributed by atoms with Gasteiger partial charge in [0.1, 0.15) is 12.4 Å². The Hall–Kier alpha value is -3.56. The summed E-state index contributed by atoms with van der Waals surface area (Å²) in [5, 5.41) is 14.7.